The van der Waals surface area contributed by atoms with Crippen LogP contribution in [0.3, 0.4) is 0 Å². The monoisotopic (exact) mass is 298 g/mol. The van der Waals surface area contributed by atoms with Gasteiger partial charge in [0.25, 0.3) is 0 Å². The first-order valence-corrected chi connectivity index (χ1v) is 7.96. The van der Waals surface area contributed by atoms with Gasteiger partial charge in [-0.1, -0.05) is 37.3 Å². The number of halogens is 1. The minimum Gasteiger partial charge on any atom is -0.364 e. The number of anilines is 1. The van der Waals surface area contributed by atoms with Crippen LogP contribution in [0.5, 0.6) is 0 Å². The summed E-state index contributed by atoms with van der Waals surface area (Å²) in [6.45, 7) is 4.16. The van der Waals surface area contributed by atoms with E-state index in [1.54, 1.807) is 6.07 Å². The standard InChI is InChI=1S/C19H23FN2/c1-14-13-22(19-9-4-3-8-17(14)19)18(10-11-21-2)15-6-5-7-16(20)12-15/h3-9,12,14,18,21H,10-11,13H2,1-2H3. The largest absolute Gasteiger partial charge is 0.364 e. The summed E-state index contributed by atoms with van der Waals surface area (Å²) >= 11 is 0. The highest BCUT2D eigenvalue weighted by molar-refractivity contribution is 5.61. The van der Waals surface area contributed by atoms with Crippen molar-refractivity contribution in [3.63, 3.8) is 0 Å². The Morgan fingerprint density at radius 3 is 2.82 bits per heavy atom. The van der Waals surface area contributed by atoms with Gasteiger partial charge in [0.2, 0.25) is 0 Å². The van der Waals surface area contributed by atoms with Gasteiger partial charge in [0.15, 0.2) is 0 Å². The summed E-state index contributed by atoms with van der Waals surface area (Å²) in [6, 6.07) is 15.8. The molecule has 0 radical (unpaired) electrons. The van der Waals surface area contributed by atoms with Crippen LogP contribution in [0, 0.1) is 5.82 Å². The summed E-state index contributed by atoms with van der Waals surface area (Å²) in [5.41, 5.74) is 3.74. The lowest BCUT2D eigenvalue weighted by molar-refractivity contribution is 0.551. The average molecular weight is 298 g/mol. The van der Waals surface area contributed by atoms with Crippen LogP contribution in [0.4, 0.5) is 10.1 Å². The maximum absolute atomic E-state index is 13.7. The summed E-state index contributed by atoms with van der Waals surface area (Å²) in [5.74, 6) is 0.356. The molecule has 2 nitrogen and oxygen atoms in total. The third-order valence-corrected chi connectivity index (χ3v) is 4.53. The lowest BCUT2D eigenvalue weighted by Gasteiger charge is -2.31. The molecule has 1 N–H and O–H groups in total. The Morgan fingerprint density at radius 2 is 2.05 bits per heavy atom. The van der Waals surface area contributed by atoms with Crippen molar-refractivity contribution in [2.75, 3.05) is 25.0 Å². The van der Waals surface area contributed by atoms with E-state index in [0.29, 0.717) is 5.92 Å². The third-order valence-electron chi connectivity index (χ3n) is 4.53. The highest BCUT2D eigenvalue weighted by Gasteiger charge is 2.30. The van der Waals surface area contributed by atoms with Crippen molar-refractivity contribution in [1.29, 1.82) is 0 Å². The van der Waals surface area contributed by atoms with E-state index in [9.17, 15) is 4.39 Å². The quantitative estimate of drug-likeness (QED) is 0.894. The van der Waals surface area contributed by atoms with Gasteiger partial charge in [0.05, 0.1) is 6.04 Å². The molecular weight excluding hydrogens is 275 g/mol. The van der Waals surface area contributed by atoms with Crippen molar-refractivity contribution in [2.45, 2.75) is 25.3 Å². The van der Waals surface area contributed by atoms with Gasteiger partial charge < -0.3 is 10.2 Å². The van der Waals surface area contributed by atoms with Gasteiger partial charge in [-0.3, -0.25) is 0 Å². The first kappa shape index (κ1) is 15.0. The second-order valence-corrected chi connectivity index (χ2v) is 6.08. The summed E-state index contributed by atoms with van der Waals surface area (Å²) in [5, 5.41) is 3.22. The van der Waals surface area contributed by atoms with Crippen molar-refractivity contribution in [2.24, 2.45) is 0 Å². The molecule has 3 heteroatoms. The Morgan fingerprint density at radius 1 is 1.23 bits per heavy atom. The number of fused-ring (bicyclic) bond motifs is 1. The lowest BCUT2D eigenvalue weighted by atomic mass is 10.0. The molecule has 1 aliphatic heterocycles. The van der Waals surface area contributed by atoms with Gasteiger partial charge in [-0.2, -0.15) is 0 Å². The first-order chi connectivity index (χ1) is 10.7. The molecule has 0 spiro atoms. The highest BCUT2D eigenvalue weighted by Crippen LogP contribution is 2.41. The molecule has 3 rings (SSSR count). The molecule has 2 atom stereocenters. The predicted octanol–water partition coefficient (Wildman–Crippen LogP) is 4.10. The van der Waals surface area contributed by atoms with Crippen LogP contribution in [0.25, 0.3) is 0 Å². The van der Waals surface area contributed by atoms with Crippen molar-refractivity contribution >= 4 is 5.69 Å². The molecule has 2 aromatic carbocycles. The molecule has 0 aliphatic carbocycles. The topological polar surface area (TPSA) is 15.3 Å². The minimum atomic E-state index is -0.160. The van der Waals surface area contributed by atoms with E-state index < -0.39 is 0 Å². The highest BCUT2D eigenvalue weighted by atomic mass is 19.1. The summed E-state index contributed by atoms with van der Waals surface area (Å²) in [4.78, 5) is 2.44. The van der Waals surface area contributed by atoms with Gasteiger partial charge >= 0.3 is 0 Å². The van der Waals surface area contributed by atoms with Crippen molar-refractivity contribution in [3.05, 3.63) is 65.5 Å². The van der Waals surface area contributed by atoms with E-state index in [1.807, 2.05) is 19.2 Å². The Bertz CT molecular complexity index is 641. The maximum Gasteiger partial charge on any atom is 0.123 e. The summed E-state index contributed by atoms with van der Waals surface area (Å²) in [6.07, 6.45) is 0.959. The number of nitrogens with zero attached hydrogens (tertiary/aromatic N) is 1. The van der Waals surface area contributed by atoms with E-state index in [-0.39, 0.29) is 11.9 Å². The Hall–Kier alpha value is -1.87. The Labute approximate surface area is 132 Å². The van der Waals surface area contributed by atoms with Crippen LogP contribution in [0.15, 0.2) is 48.5 Å². The van der Waals surface area contributed by atoms with Gasteiger partial charge in [-0.25, -0.2) is 4.39 Å². The zero-order valence-electron chi connectivity index (χ0n) is 13.2. The second-order valence-electron chi connectivity index (χ2n) is 6.08. The van der Waals surface area contributed by atoms with Crippen molar-refractivity contribution in [1.82, 2.24) is 5.32 Å². The van der Waals surface area contributed by atoms with Crippen LogP contribution in [-0.4, -0.2) is 20.1 Å². The molecule has 116 valence electrons. The SMILES string of the molecule is CNCCC(c1cccc(F)c1)N1CC(C)c2ccccc21. The second kappa shape index (κ2) is 6.49. The summed E-state index contributed by atoms with van der Waals surface area (Å²) < 4.78 is 13.7. The molecular formula is C19H23FN2. The zero-order valence-corrected chi connectivity index (χ0v) is 13.2. The molecule has 22 heavy (non-hydrogen) atoms. The fraction of sp³-hybridized carbons (Fsp3) is 0.368. The molecule has 2 unspecified atom stereocenters. The number of benzene rings is 2. The maximum atomic E-state index is 13.7. The van der Waals surface area contributed by atoms with Crippen LogP contribution in [0.1, 0.15) is 36.4 Å². The number of para-hydroxylation sites is 1. The lowest BCUT2D eigenvalue weighted by Crippen LogP contribution is -2.30. The Balaban J connectivity index is 1.97. The molecule has 0 aromatic heterocycles. The molecule has 1 heterocycles. The van der Waals surface area contributed by atoms with Crippen LogP contribution < -0.4 is 10.2 Å². The van der Waals surface area contributed by atoms with Crippen LogP contribution >= 0.6 is 0 Å². The van der Waals surface area contributed by atoms with E-state index >= 15 is 0 Å². The average Bonchev–Trinajstić information content (AvgIpc) is 2.86. The van der Waals surface area contributed by atoms with Crippen molar-refractivity contribution < 1.29 is 4.39 Å². The van der Waals surface area contributed by atoms with Crippen LogP contribution in [-0.2, 0) is 0 Å². The van der Waals surface area contributed by atoms with E-state index in [1.165, 1.54) is 17.3 Å². The Kier molecular flexibility index (Phi) is 4.44. The fourth-order valence-corrected chi connectivity index (χ4v) is 3.45. The number of hydrogen-bond acceptors (Lipinski definition) is 2. The van der Waals surface area contributed by atoms with E-state index in [2.05, 4.69) is 41.4 Å². The zero-order chi connectivity index (χ0) is 15.5. The van der Waals surface area contributed by atoms with Crippen molar-refractivity contribution in [3.8, 4) is 0 Å². The van der Waals surface area contributed by atoms with Gasteiger partial charge in [-0.05, 0) is 49.3 Å². The van der Waals surface area contributed by atoms with Gasteiger partial charge in [0.1, 0.15) is 5.82 Å². The normalized spacial score (nSPS) is 18.3. The molecule has 1 aliphatic rings. The fourth-order valence-electron chi connectivity index (χ4n) is 3.45. The molecule has 0 amide bonds. The van der Waals surface area contributed by atoms with Gasteiger partial charge in [0, 0.05) is 18.2 Å². The molecule has 0 saturated carbocycles. The number of nitrogens with one attached hydrogen (secondary N) is 1. The predicted molar refractivity (Wildman–Crippen MR) is 89.9 cm³/mol. The molecule has 0 saturated heterocycles. The molecule has 0 fully saturated rings. The molecule has 2 aromatic rings. The minimum absolute atomic E-state index is 0.160. The van der Waals surface area contributed by atoms with Gasteiger partial charge in [-0.15, -0.1) is 0 Å². The molecule has 0 bridgehead atoms. The third kappa shape index (κ3) is 2.86. The first-order valence-electron chi connectivity index (χ1n) is 7.96. The number of hydrogen-bond donors (Lipinski definition) is 1. The van der Waals surface area contributed by atoms with E-state index in [0.717, 1.165) is 25.1 Å². The summed E-state index contributed by atoms with van der Waals surface area (Å²) in [7, 11) is 1.96. The van der Waals surface area contributed by atoms with Crippen LogP contribution in [0.2, 0.25) is 0 Å². The van der Waals surface area contributed by atoms with E-state index in [4.69, 9.17) is 0 Å². The number of rotatable bonds is 5. The smallest absolute Gasteiger partial charge is 0.123 e.